The van der Waals surface area contributed by atoms with E-state index in [0.29, 0.717) is 41.0 Å². The molecule has 0 radical (unpaired) electrons. The second-order valence-corrected chi connectivity index (χ2v) is 8.56. The van der Waals surface area contributed by atoms with Gasteiger partial charge >= 0.3 is 0 Å². The van der Waals surface area contributed by atoms with Crippen LogP contribution < -0.4 is 5.32 Å². The van der Waals surface area contributed by atoms with E-state index >= 15 is 0 Å². The maximum atomic E-state index is 13.2. The molecule has 2 aromatic carbocycles. The number of piperazine rings is 1. The van der Waals surface area contributed by atoms with Gasteiger partial charge in [-0.3, -0.25) is 14.7 Å². The van der Waals surface area contributed by atoms with Crippen LogP contribution in [0.15, 0.2) is 78.0 Å². The number of nitrogens with one attached hydrogen (secondary N) is 1. The fourth-order valence-electron chi connectivity index (χ4n) is 3.68. The van der Waals surface area contributed by atoms with Gasteiger partial charge in [0.25, 0.3) is 11.7 Å². The van der Waals surface area contributed by atoms with Crippen LogP contribution in [0.5, 0.6) is 0 Å². The van der Waals surface area contributed by atoms with Gasteiger partial charge in [0, 0.05) is 55.7 Å². The van der Waals surface area contributed by atoms with Crippen molar-refractivity contribution in [1.29, 1.82) is 0 Å². The highest BCUT2D eigenvalue weighted by Crippen LogP contribution is 2.28. The largest absolute Gasteiger partial charge is 0.355 e. The minimum absolute atomic E-state index is 0.0125. The molecule has 166 valence electrons. The van der Waals surface area contributed by atoms with E-state index < -0.39 is 5.76 Å². The summed E-state index contributed by atoms with van der Waals surface area (Å²) < 4.78 is 25.0. The monoisotopic (exact) mass is 454 g/mol. The zero-order valence-corrected chi connectivity index (χ0v) is 18.3. The zero-order valence-electron chi connectivity index (χ0n) is 17.5. The molecular weight excluding hydrogens is 430 g/mol. The minimum atomic E-state index is -2.45. The number of hydrogen-bond acceptors (Lipinski definition) is 5. The lowest BCUT2D eigenvalue weighted by Gasteiger charge is -2.35. The van der Waals surface area contributed by atoms with Gasteiger partial charge < -0.3 is 10.2 Å². The molecule has 32 heavy (non-hydrogen) atoms. The van der Waals surface area contributed by atoms with Gasteiger partial charge in [0.05, 0.1) is 11.3 Å². The van der Waals surface area contributed by atoms with Crippen LogP contribution in [0.1, 0.15) is 15.9 Å². The van der Waals surface area contributed by atoms with E-state index in [-0.39, 0.29) is 5.91 Å². The first kappa shape index (κ1) is 22.2. The summed E-state index contributed by atoms with van der Waals surface area (Å²) in [5, 5.41) is 3.25. The van der Waals surface area contributed by atoms with E-state index in [0.717, 1.165) is 25.3 Å². The Kier molecular flexibility index (Phi) is 7.34. The van der Waals surface area contributed by atoms with Crippen LogP contribution in [-0.4, -0.2) is 52.6 Å². The summed E-state index contributed by atoms with van der Waals surface area (Å²) in [6.07, 6.45) is 3.59. The molecule has 0 spiro atoms. The van der Waals surface area contributed by atoms with Crippen molar-refractivity contribution in [3.63, 3.8) is 0 Å². The van der Waals surface area contributed by atoms with Crippen molar-refractivity contribution < 1.29 is 13.6 Å². The van der Waals surface area contributed by atoms with Crippen LogP contribution in [-0.2, 0) is 6.54 Å². The van der Waals surface area contributed by atoms with Crippen molar-refractivity contribution in [3.05, 3.63) is 84.2 Å². The first-order valence-electron chi connectivity index (χ1n) is 10.4. The van der Waals surface area contributed by atoms with Crippen molar-refractivity contribution >= 4 is 29.0 Å². The standard InChI is InChI=1S/C24H24F2N4OS/c25-24(26)32-20-7-5-19(6-8-20)28-22-4-2-1-3-21(22)23(31)30-15-13-29(14-16-30)17-18-9-11-27-12-10-18/h1-12,24,28H,13-17H2. The number of halogens is 2. The second kappa shape index (κ2) is 10.6. The Morgan fingerprint density at radius 1 is 0.969 bits per heavy atom. The van der Waals surface area contributed by atoms with Gasteiger partial charge in [0.2, 0.25) is 0 Å². The fourth-order valence-corrected chi connectivity index (χ4v) is 4.18. The number of amides is 1. The number of alkyl halides is 2. The van der Waals surface area contributed by atoms with Gasteiger partial charge in [-0.15, -0.1) is 0 Å². The van der Waals surface area contributed by atoms with Crippen molar-refractivity contribution in [3.8, 4) is 0 Å². The molecule has 0 saturated carbocycles. The lowest BCUT2D eigenvalue weighted by atomic mass is 10.1. The van der Waals surface area contributed by atoms with Crippen molar-refractivity contribution in [2.45, 2.75) is 17.2 Å². The molecule has 0 aliphatic carbocycles. The normalized spacial score (nSPS) is 14.5. The number of benzene rings is 2. The molecule has 1 amide bonds. The number of carbonyl (C=O) groups is 1. The average molecular weight is 455 g/mol. The Morgan fingerprint density at radius 3 is 2.34 bits per heavy atom. The lowest BCUT2D eigenvalue weighted by molar-refractivity contribution is 0.0629. The first-order chi connectivity index (χ1) is 15.6. The Morgan fingerprint density at radius 2 is 1.66 bits per heavy atom. The van der Waals surface area contributed by atoms with Gasteiger partial charge in [0.15, 0.2) is 0 Å². The molecule has 1 fully saturated rings. The molecule has 4 rings (SSSR count). The molecule has 1 aliphatic rings. The summed E-state index contributed by atoms with van der Waals surface area (Å²) >= 11 is 0.512. The molecule has 0 atom stereocenters. The molecule has 1 saturated heterocycles. The highest BCUT2D eigenvalue weighted by molar-refractivity contribution is 7.99. The summed E-state index contributed by atoms with van der Waals surface area (Å²) in [6, 6.07) is 18.2. The third-order valence-corrected chi connectivity index (χ3v) is 6.05. The fraction of sp³-hybridized carbons (Fsp3) is 0.250. The predicted molar refractivity (Wildman–Crippen MR) is 123 cm³/mol. The van der Waals surface area contributed by atoms with E-state index in [4.69, 9.17) is 0 Å². The summed E-state index contributed by atoms with van der Waals surface area (Å²) in [7, 11) is 0. The Labute approximate surface area is 190 Å². The van der Waals surface area contributed by atoms with Gasteiger partial charge in [-0.2, -0.15) is 8.78 Å². The van der Waals surface area contributed by atoms with Crippen molar-refractivity contribution in [2.24, 2.45) is 0 Å². The van der Waals surface area contributed by atoms with Crippen molar-refractivity contribution in [2.75, 3.05) is 31.5 Å². The maximum absolute atomic E-state index is 13.2. The van der Waals surface area contributed by atoms with Crippen LogP contribution >= 0.6 is 11.8 Å². The molecule has 1 aromatic heterocycles. The SMILES string of the molecule is O=C(c1ccccc1Nc1ccc(SC(F)F)cc1)N1CCN(Cc2ccncc2)CC1. The Bertz CT molecular complexity index is 1030. The van der Waals surface area contributed by atoms with Gasteiger partial charge in [-0.1, -0.05) is 23.9 Å². The Balaban J connectivity index is 1.38. The van der Waals surface area contributed by atoms with E-state index in [1.165, 1.54) is 5.56 Å². The number of nitrogens with zero attached hydrogens (tertiary/aromatic N) is 3. The zero-order chi connectivity index (χ0) is 22.3. The third kappa shape index (κ3) is 5.83. The first-order valence-corrected chi connectivity index (χ1v) is 11.3. The summed E-state index contributed by atoms with van der Waals surface area (Å²) in [5.41, 5.74) is 3.26. The molecule has 0 bridgehead atoms. The summed E-state index contributed by atoms with van der Waals surface area (Å²) in [4.78, 5) is 22.0. The van der Waals surface area contributed by atoms with Crippen LogP contribution in [0, 0.1) is 0 Å². The topological polar surface area (TPSA) is 48.5 Å². The van der Waals surface area contributed by atoms with E-state index in [9.17, 15) is 13.6 Å². The summed E-state index contributed by atoms with van der Waals surface area (Å²) in [6.45, 7) is 3.80. The molecule has 1 aliphatic heterocycles. The number of anilines is 2. The molecular formula is C24H24F2N4OS. The number of rotatable bonds is 7. The molecule has 5 nitrogen and oxygen atoms in total. The number of carbonyl (C=O) groups excluding carboxylic acids is 1. The van der Waals surface area contributed by atoms with Crippen LogP contribution in [0.4, 0.5) is 20.2 Å². The van der Waals surface area contributed by atoms with Crippen LogP contribution in [0.2, 0.25) is 0 Å². The number of thioether (sulfide) groups is 1. The third-order valence-electron chi connectivity index (χ3n) is 5.33. The minimum Gasteiger partial charge on any atom is -0.355 e. The predicted octanol–water partition coefficient (Wildman–Crippen LogP) is 5.10. The van der Waals surface area contributed by atoms with Gasteiger partial charge in [0.1, 0.15) is 0 Å². The van der Waals surface area contributed by atoms with E-state index in [1.807, 2.05) is 41.3 Å². The lowest BCUT2D eigenvalue weighted by Crippen LogP contribution is -2.48. The van der Waals surface area contributed by atoms with Crippen LogP contribution in [0.3, 0.4) is 0 Å². The molecule has 0 unspecified atom stereocenters. The van der Waals surface area contributed by atoms with E-state index in [1.54, 1.807) is 36.7 Å². The average Bonchev–Trinajstić information content (AvgIpc) is 2.81. The summed E-state index contributed by atoms with van der Waals surface area (Å²) in [5.74, 6) is -2.46. The number of para-hydroxylation sites is 1. The molecule has 8 heteroatoms. The van der Waals surface area contributed by atoms with Gasteiger partial charge in [-0.05, 0) is 54.1 Å². The molecule has 2 heterocycles. The molecule has 3 aromatic rings. The Hall–Kier alpha value is -2.97. The van der Waals surface area contributed by atoms with Gasteiger partial charge in [-0.25, -0.2) is 0 Å². The molecule has 1 N–H and O–H groups in total. The quantitative estimate of drug-likeness (QED) is 0.504. The highest BCUT2D eigenvalue weighted by atomic mass is 32.2. The smallest absolute Gasteiger partial charge is 0.288 e. The number of aromatic nitrogens is 1. The maximum Gasteiger partial charge on any atom is 0.288 e. The number of hydrogen-bond donors (Lipinski definition) is 1. The van der Waals surface area contributed by atoms with E-state index in [2.05, 4.69) is 15.2 Å². The highest BCUT2D eigenvalue weighted by Gasteiger charge is 2.24. The second-order valence-electron chi connectivity index (χ2n) is 7.50. The van der Waals surface area contributed by atoms with Crippen LogP contribution in [0.25, 0.3) is 0 Å². The number of pyridine rings is 1. The van der Waals surface area contributed by atoms with Crippen molar-refractivity contribution in [1.82, 2.24) is 14.8 Å².